The summed E-state index contributed by atoms with van der Waals surface area (Å²) in [6.07, 6.45) is 3.90. The molecule has 0 aliphatic rings. The van der Waals surface area contributed by atoms with Crippen LogP contribution in [-0.4, -0.2) is 24.0 Å². The van der Waals surface area contributed by atoms with E-state index in [9.17, 15) is 4.79 Å². The lowest BCUT2D eigenvalue weighted by Crippen LogP contribution is -2.21. The number of carboxylic acids is 1. The minimum absolute atomic E-state index is 0.348. The summed E-state index contributed by atoms with van der Waals surface area (Å²) in [5, 5.41) is 8.55. The Bertz CT molecular complexity index is 389. The van der Waals surface area contributed by atoms with E-state index in [0.717, 1.165) is 24.2 Å². The van der Waals surface area contributed by atoms with Gasteiger partial charge in [0.15, 0.2) is 6.29 Å². The summed E-state index contributed by atoms with van der Waals surface area (Å²) in [6.45, 7) is 3.52. The number of para-hydroxylation sites is 1. The first-order valence-corrected chi connectivity index (χ1v) is 6.71. The van der Waals surface area contributed by atoms with E-state index in [-0.39, 0.29) is 6.61 Å². The Morgan fingerprint density at radius 3 is 2.74 bits per heavy atom. The third-order valence-electron chi connectivity index (χ3n) is 2.76. The van der Waals surface area contributed by atoms with Crippen LogP contribution >= 0.6 is 0 Å². The zero-order valence-corrected chi connectivity index (χ0v) is 11.6. The van der Waals surface area contributed by atoms with Crippen LogP contribution in [-0.2, 0) is 16.0 Å². The summed E-state index contributed by atoms with van der Waals surface area (Å²) in [7, 11) is 0. The molecule has 106 valence electrons. The lowest BCUT2D eigenvalue weighted by Gasteiger charge is -2.17. The normalized spacial score (nSPS) is 12.1. The fraction of sp³-hybridized carbons (Fsp3) is 0.533. The first-order valence-electron chi connectivity index (χ1n) is 6.71. The van der Waals surface area contributed by atoms with Crippen molar-refractivity contribution in [3.8, 4) is 5.75 Å². The van der Waals surface area contributed by atoms with Gasteiger partial charge in [-0.25, -0.2) is 4.79 Å². The van der Waals surface area contributed by atoms with Crippen molar-refractivity contribution in [2.24, 2.45) is 0 Å². The van der Waals surface area contributed by atoms with Crippen LogP contribution < -0.4 is 4.74 Å². The molecule has 0 saturated carbocycles. The number of benzene rings is 1. The average molecular weight is 266 g/mol. The topological polar surface area (TPSA) is 55.8 Å². The Morgan fingerprint density at radius 2 is 2.05 bits per heavy atom. The third-order valence-corrected chi connectivity index (χ3v) is 2.76. The molecule has 0 amide bonds. The Labute approximate surface area is 114 Å². The van der Waals surface area contributed by atoms with E-state index in [0.29, 0.717) is 0 Å². The van der Waals surface area contributed by atoms with Gasteiger partial charge in [-0.1, -0.05) is 38.0 Å². The molecule has 0 aliphatic heterocycles. The highest BCUT2D eigenvalue weighted by atomic mass is 16.7. The summed E-state index contributed by atoms with van der Waals surface area (Å²) in [5.41, 5.74) is 1.14. The van der Waals surface area contributed by atoms with Crippen LogP contribution in [0.3, 0.4) is 0 Å². The van der Waals surface area contributed by atoms with E-state index < -0.39 is 12.3 Å². The van der Waals surface area contributed by atoms with Gasteiger partial charge in [-0.2, -0.15) is 0 Å². The molecular formula is C15H22O4. The maximum absolute atomic E-state index is 10.4. The quantitative estimate of drug-likeness (QED) is 0.550. The van der Waals surface area contributed by atoms with Crippen molar-refractivity contribution in [3.63, 3.8) is 0 Å². The maximum atomic E-state index is 10.4. The van der Waals surface area contributed by atoms with Crippen molar-refractivity contribution in [3.05, 3.63) is 29.8 Å². The van der Waals surface area contributed by atoms with Crippen molar-refractivity contribution in [1.82, 2.24) is 0 Å². The van der Waals surface area contributed by atoms with Crippen LogP contribution in [0.1, 0.15) is 38.7 Å². The van der Waals surface area contributed by atoms with Crippen LogP contribution in [0.25, 0.3) is 0 Å². The van der Waals surface area contributed by atoms with Crippen LogP contribution in [0.4, 0.5) is 0 Å². The predicted molar refractivity (Wildman–Crippen MR) is 73.3 cm³/mol. The van der Waals surface area contributed by atoms with Gasteiger partial charge in [-0.05, 0) is 31.4 Å². The van der Waals surface area contributed by atoms with Crippen molar-refractivity contribution < 1.29 is 19.4 Å². The minimum atomic E-state index is -0.994. The number of hydrogen-bond acceptors (Lipinski definition) is 3. The fourth-order valence-corrected chi connectivity index (χ4v) is 1.79. The molecule has 1 N–H and O–H groups in total. The molecule has 4 nitrogen and oxygen atoms in total. The molecule has 0 bridgehead atoms. The van der Waals surface area contributed by atoms with E-state index in [1.807, 2.05) is 24.3 Å². The van der Waals surface area contributed by atoms with Gasteiger partial charge in [-0.3, -0.25) is 0 Å². The molecule has 19 heavy (non-hydrogen) atoms. The monoisotopic (exact) mass is 266 g/mol. The Balaban J connectivity index is 2.53. The van der Waals surface area contributed by atoms with E-state index >= 15 is 0 Å². The lowest BCUT2D eigenvalue weighted by atomic mass is 10.1. The molecule has 1 aromatic rings. The number of unbranched alkanes of at least 4 members (excludes halogenated alkanes) is 2. The Morgan fingerprint density at radius 1 is 1.32 bits per heavy atom. The maximum Gasteiger partial charge on any atom is 0.329 e. The Hall–Kier alpha value is -1.55. The number of carbonyl (C=O) groups is 1. The van der Waals surface area contributed by atoms with Crippen molar-refractivity contribution in [2.45, 2.75) is 45.8 Å². The standard InChI is InChI=1S/C15H22O4/c1-3-4-5-8-13-9-6-7-10-14(13)19-12(2)18-11-15(16)17/h6-7,9-10,12H,3-5,8,11H2,1-2H3,(H,16,17). The SMILES string of the molecule is CCCCCc1ccccc1OC(C)OCC(=O)O. The molecule has 0 radical (unpaired) electrons. The third kappa shape index (κ3) is 6.25. The minimum Gasteiger partial charge on any atom is -0.480 e. The molecule has 1 aromatic carbocycles. The molecule has 0 aliphatic carbocycles. The molecule has 1 atom stereocenters. The van der Waals surface area contributed by atoms with Crippen LogP contribution in [0, 0.1) is 0 Å². The van der Waals surface area contributed by atoms with E-state index in [2.05, 4.69) is 6.92 Å². The Kier molecular flexibility index (Phi) is 6.97. The summed E-state index contributed by atoms with van der Waals surface area (Å²) in [5.74, 6) is -0.219. The predicted octanol–water partition coefficient (Wildman–Crippen LogP) is 3.25. The van der Waals surface area contributed by atoms with Crippen molar-refractivity contribution in [2.75, 3.05) is 6.61 Å². The van der Waals surface area contributed by atoms with E-state index in [1.54, 1.807) is 6.92 Å². The van der Waals surface area contributed by atoms with Crippen LogP contribution in [0.15, 0.2) is 24.3 Å². The van der Waals surface area contributed by atoms with Gasteiger partial charge in [-0.15, -0.1) is 0 Å². The highest BCUT2D eigenvalue weighted by Gasteiger charge is 2.09. The second kappa shape index (κ2) is 8.53. The lowest BCUT2D eigenvalue weighted by molar-refractivity contribution is -0.151. The molecular weight excluding hydrogens is 244 g/mol. The zero-order valence-electron chi connectivity index (χ0n) is 11.6. The molecule has 4 heteroatoms. The van der Waals surface area contributed by atoms with Crippen molar-refractivity contribution >= 4 is 5.97 Å². The largest absolute Gasteiger partial charge is 0.480 e. The smallest absolute Gasteiger partial charge is 0.329 e. The molecule has 0 aromatic heterocycles. The molecule has 0 spiro atoms. The summed E-state index contributed by atoms with van der Waals surface area (Å²) in [6, 6.07) is 7.82. The fourth-order valence-electron chi connectivity index (χ4n) is 1.79. The number of carboxylic acid groups (broad SMARTS) is 1. The molecule has 1 rings (SSSR count). The summed E-state index contributed by atoms with van der Waals surface area (Å²) < 4.78 is 10.7. The molecule has 0 saturated heterocycles. The molecule has 0 fully saturated rings. The van der Waals surface area contributed by atoms with Gasteiger partial charge in [0.1, 0.15) is 12.4 Å². The molecule has 0 heterocycles. The molecule has 1 unspecified atom stereocenters. The van der Waals surface area contributed by atoms with Gasteiger partial charge < -0.3 is 14.6 Å². The second-order valence-corrected chi connectivity index (χ2v) is 4.46. The summed E-state index contributed by atoms with van der Waals surface area (Å²) >= 11 is 0. The van der Waals surface area contributed by atoms with Gasteiger partial charge in [0.05, 0.1) is 0 Å². The van der Waals surface area contributed by atoms with E-state index in [4.69, 9.17) is 14.6 Å². The zero-order chi connectivity index (χ0) is 14.1. The van der Waals surface area contributed by atoms with E-state index in [1.165, 1.54) is 12.8 Å². The number of aliphatic carboxylic acids is 1. The second-order valence-electron chi connectivity index (χ2n) is 4.46. The average Bonchev–Trinajstić information content (AvgIpc) is 2.39. The van der Waals surface area contributed by atoms with Gasteiger partial charge in [0.2, 0.25) is 0 Å². The van der Waals surface area contributed by atoms with Crippen LogP contribution in [0.5, 0.6) is 5.75 Å². The number of aryl methyl sites for hydroxylation is 1. The van der Waals surface area contributed by atoms with Gasteiger partial charge >= 0.3 is 5.97 Å². The van der Waals surface area contributed by atoms with Crippen LogP contribution in [0.2, 0.25) is 0 Å². The highest BCUT2D eigenvalue weighted by Crippen LogP contribution is 2.21. The summed E-state index contributed by atoms with van der Waals surface area (Å²) in [4.78, 5) is 10.4. The number of rotatable bonds is 9. The van der Waals surface area contributed by atoms with Gasteiger partial charge in [0, 0.05) is 0 Å². The first-order chi connectivity index (χ1) is 9.13. The highest BCUT2D eigenvalue weighted by molar-refractivity contribution is 5.68. The first kappa shape index (κ1) is 15.5. The van der Waals surface area contributed by atoms with Gasteiger partial charge in [0.25, 0.3) is 0 Å². The number of hydrogen-bond donors (Lipinski definition) is 1. The van der Waals surface area contributed by atoms with Crippen molar-refractivity contribution in [1.29, 1.82) is 0 Å². The number of ether oxygens (including phenoxy) is 2.